The number of hydrogen-bond donors (Lipinski definition) is 2. The molecule has 7 heteroatoms. The first-order valence-electron chi connectivity index (χ1n) is 5.16. The molecular weight excluding hydrogens is 212 g/mol. The number of carbonyl (C=O) groups excluding carboxylic acids is 1. The Hall–Kier alpha value is -1.79. The molecule has 7 nitrogen and oxygen atoms in total. The summed E-state index contributed by atoms with van der Waals surface area (Å²) in [5, 5.41) is 2.25. The lowest BCUT2D eigenvalue weighted by Gasteiger charge is -2.09. The second-order valence-electron chi connectivity index (χ2n) is 3.76. The van der Waals surface area contributed by atoms with Crippen molar-refractivity contribution in [1.29, 1.82) is 0 Å². The van der Waals surface area contributed by atoms with E-state index < -0.39 is 11.4 Å². The van der Waals surface area contributed by atoms with Crippen molar-refractivity contribution in [2.75, 3.05) is 5.43 Å². The average Bonchev–Trinajstić information content (AvgIpc) is 2.45. The van der Waals surface area contributed by atoms with Gasteiger partial charge < -0.3 is 0 Å². The maximum Gasteiger partial charge on any atom is 0.366 e. The van der Waals surface area contributed by atoms with Gasteiger partial charge in [0.2, 0.25) is 5.91 Å². The van der Waals surface area contributed by atoms with Crippen molar-refractivity contribution in [3.8, 4) is 0 Å². The van der Waals surface area contributed by atoms with Crippen LogP contribution in [0.2, 0.25) is 0 Å². The molecule has 0 radical (unpaired) electrons. The van der Waals surface area contributed by atoms with E-state index in [1.807, 2.05) is 6.92 Å². The lowest BCUT2D eigenvalue weighted by atomic mass is 10.1. The number of aromatic nitrogens is 3. The third-order valence-corrected chi connectivity index (χ3v) is 2.34. The van der Waals surface area contributed by atoms with Gasteiger partial charge >= 0.3 is 11.4 Å². The smallest absolute Gasteiger partial charge is 0.273 e. The zero-order valence-corrected chi connectivity index (χ0v) is 9.61. The second-order valence-corrected chi connectivity index (χ2v) is 3.76. The van der Waals surface area contributed by atoms with E-state index in [0.717, 1.165) is 11.1 Å². The number of amides is 1. The molecule has 1 aromatic rings. The molecule has 1 rings (SSSR count). The third-order valence-electron chi connectivity index (χ3n) is 2.34. The van der Waals surface area contributed by atoms with Gasteiger partial charge in [-0.3, -0.25) is 10.2 Å². The van der Waals surface area contributed by atoms with E-state index in [4.69, 9.17) is 0 Å². The summed E-state index contributed by atoms with van der Waals surface area (Å²) in [4.78, 5) is 34.2. The molecule has 1 heterocycles. The summed E-state index contributed by atoms with van der Waals surface area (Å²) in [5.41, 5.74) is 1.04. The van der Waals surface area contributed by atoms with E-state index in [0.29, 0.717) is 11.1 Å². The van der Waals surface area contributed by atoms with E-state index in [9.17, 15) is 14.4 Å². The summed E-state index contributed by atoms with van der Waals surface area (Å²) in [6.45, 7) is 3.71. The first-order chi connectivity index (χ1) is 7.47. The molecule has 0 aliphatic carbocycles. The number of nitrogens with zero attached hydrogens (tertiary/aromatic N) is 2. The zero-order valence-electron chi connectivity index (χ0n) is 9.61. The Balaban J connectivity index is 2.85. The van der Waals surface area contributed by atoms with Crippen LogP contribution in [0, 0.1) is 5.92 Å². The highest BCUT2D eigenvalue weighted by Gasteiger charge is 2.15. The number of nitrogens with one attached hydrogen (secondary N) is 2. The SMILES string of the molecule is CCCC(C)C(=O)Nn1c(=O)[nH]n(C)c1=O. The van der Waals surface area contributed by atoms with Crippen LogP contribution in [0.3, 0.4) is 0 Å². The third kappa shape index (κ3) is 2.41. The Morgan fingerprint density at radius 1 is 1.50 bits per heavy atom. The highest BCUT2D eigenvalue weighted by molar-refractivity contribution is 5.85. The van der Waals surface area contributed by atoms with Gasteiger partial charge in [0.15, 0.2) is 0 Å². The normalized spacial score (nSPS) is 12.4. The Morgan fingerprint density at radius 3 is 2.56 bits per heavy atom. The molecule has 1 amide bonds. The number of H-pyrrole nitrogens is 1. The average molecular weight is 228 g/mol. The fourth-order valence-electron chi connectivity index (χ4n) is 1.36. The van der Waals surface area contributed by atoms with Crippen molar-refractivity contribution in [1.82, 2.24) is 14.5 Å². The number of carbonyl (C=O) groups is 1. The molecular formula is C9H16N4O3. The van der Waals surface area contributed by atoms with Gasteiger partial charge in [0.05, 0.1) is 0 Å². The quantitative estimate of drug-likeness (QED) is 0.719. The largest absolute Gasteiger partial charge is 0.366 e. The second kappa shape index (κ2) is 4.82. The fraction of sp³-hybridized carbons (Fsp3) is 0.667. The van der Waals surface area contributed by atoms with Crippen LogP contribution in [0.1, 0.15) is 26.7 Å². The molecule has 0 bridgehead atoms. The summed E-state index contributed by atoms with van der Waals surface area (Å²) in [7, 11) is 1.40. The summed E-state index contributed by atoms with van der Waals surface area (Å²) in [5.74, 6) is -0.558. The van der Waals surface area contributed by atoms with Crippen molar-refractivity contribution in [3.63, 3.8) is 0 Å². The van der Waals surface area contributed by atoms with Crippen molar-refractivity contribution < 1.29 is 4.79 Å². The van der Waals surface area contributed by atoms with Crippen molar-refractivity contribution >= 4 is 5.91 Å². The van der Waals surface area contributed by atoms with Crippen LogP contribution in [0.4, 0.5) is 0 Å². The molecule has 0 saturated carbocycles. The maximum atomic E-state index is 11.6. The molecule has 0 aromatic carbocycles. The molecule has 0 aliphatic rings. The minimum atomic E-state index is -0.649. The van der Waals surface area contributed by atoms with Gasteiger partial charge in [-0.25, -0.2) is 19.4 Å². The summed E-state index contributed by atoms with van der Waals surface area (Å²) in [6, 6.07) is 0. The molecule has 0 saturated heterocycles. The summed E-state index contributed by atoms with van der Waals surface area (Å²) >= 11 is 0. The van der Waals surface area contributed by atoms with Gasteiger partial charge in [-0.05, 0) is 6.42 Å². The van der Waals surface area contributed by atoms with Gasteiger partial charge in [0.25, 0.3) is 0 Å². The monoisotopic (exact) mass is 228 g/mol. The van der Waals surface area contributed by atoms with Gasteiger partial charge in [-0.1, -0.05) is 20.3 Å². The van der Waals surface area contributed by atoms with Crippen LogP contribution < -0.4 is 16.8 Å². The first-order valence-corrected chi connectivity index (χ1v) is 5.16. The van der Waals surface area contributed by atoms with E-state index in [2.05, 4.69) is 10.5 Å². The van der Waals surface area contributed by atoms with Gasteiger partial charge in [-0.15, -0.1) is 4.68 Å². The topological polar surface area (TPSA) is 88.9 Å². The van der Waals surface area contributed by atoms with Crippen LogP contribution >= 0.6 is 0 Å². The Kier molecular flexibility index (Phi) is 3.70. The van der Waals surface area contributed by atoms with E-state index in [-0.39, 0.29) is 11.8 Å². The lowest BCUT2D eigenvalue weighted by molar-refractivity contribution is -0.120. The van der Waals surface area contributed by atoms with Crippen LogP contribution in [0.25, 0.3) is 0 Å². The minimum absolute atomic E-state index is 0.225. The van der Waals surface area contributed by atoms with Crippen LogP contribution in [0.15, 0.2) is 9.59 Å². The lowest BCUT2D eigenvalue weighted by Crippen LogP contribution is -2.41. The summed E-state index contributed by atoms with van der Waals surface area (Å²) < 4.78 is 1.68. The number of aromatic amines is 1. The first kappa shape index (κ1) is 12.3. The number of aryl methyl sites for hydroxylation is 1. The Labute approximate surface area is 92.0 Å². The minimum Gasteiger partial charge on any atom is -0.273 e. The molecule has 0 fully saturated rings. The van der Waals surface area contributed by atoms with Gasteiger partial charge in [0.1, 0.15) is 0 Å². The number of hydrogen-bond acceptors (Lipinski definition) is 3. The van der Waals surface area contributed by atoms with Crippen LogP contribution in [0.5, 0.6) is 0 Å². The van der Waals surface area contributed by atoms with Crippen LogP contribution in [-0.2, 0) is 11.8 Å². The molecule has 1 atom stereocenters. The number of rotatable bonds is 4. The molecule has 2 N–H and O–H groups in total. The highest BCUT2D eigenvalue weighted by Crippen LogP contribution is 2.04. The summed E-state index contributed by atoms with van der Waals surface area (Å²) in [6.07, 6.45) is 1.58. The van der Waals surface area contributed by atoms with Crippen LogP contribution in [-0.4, -0.2) is 20.4 Å². The molecule has 0 spiro atoms. The standard InChI is InChI=1S/C9H16N4O3/c1-4-5-6(2)7(14)10-13-8(15)11-12(3)9(13)16/h6H,4-5H2,1-3H3,(H,10,14)(H,11,15). The predicted molar refractivity (Wildman–Crippen MR) is 58.7 cm³/mol. The fourth-order valence-corrected chi connectivity index (χ4v) is 1.36. The van der Waals surface area contributed by atoms with E-state index in [1.54, 1.807) is 6.92 Å². The van der Waals surface area contributed by atoms with E-state index >= 15 is 0 Å². The predicted octanol–water partition coefficient (Wildman–Crippen LogP) is -0.619. The van der Waals surface area contributed by atoms with Crippen molar-refractivity contribution in [2.45, 2.75) is 26.7 Å². The van der Waals surface area contributed by atoms with E-state index in [1.165, 1.54) is 7.05 Å². The van der Waals surface area contributed by atoms with Crippen molar-refractivity contribution in [2.24, 2.45) is 13.0 Å². The van der Waals surface area contributed by atoms with Gasteiger partial charge in [0, 0.05) is 13.0 Å². The molecule has 90 valence electrons. The van der Waals surface area contributed by atoms with Crippen molar-refractivity contribution in [3.05, 3.63) is 21.0 Å². The zero-order chi connectivity index (χ0) is 12.3. The molecule has 1 aromatic heterocycles. The maximum absolute atomic E-state index is 11.6. The Morgan fingerprint density at radius 2 is 2.12 bits per heavy atom. The Bertz CT molecular complexity index is 482. The molecule has 1 unspecified atom stereocenters. The molecule has 16 heavy (non-hydrogen) atoms. The molecule has 0 aliphatic heterocycles. The highest BCUT2D eigenvalue weighted by atomic mass is 16.2. The van der Waals surface area contributed by atoms with Gasteiger partial charge in [-0.2, -0.15) is 0 Å².